The van der Waals surface area contributed by atoms with E-state index in [1.165, 1.54) is 10.5 Å². The number of rotatable bonds is 6. The highest BCUT2D eigenvalue weighted by Gasteiger charge is 2.23. The molecule has 2 heterocycles. The van der Waals surface area contributed by atoms with Gasteiger partial charge in [-0.25, -0.2) is 0 Å². The fourth-order valence-corrected chi connectivity index (χ4v) is 3.80. The van der Waals surface area contributed by atoms with Gasteiger partial charge in [-0.05, 0) is 46.4 Å². The Morgan fingerprint density at radius 2 is 1.50 bits per heavy atom. The van der Waals surface area contributed by atoms with E-state index >= 15 is 0 Å². The van der Waals surface area contributed by atoms with Crippen molar-refractivity contribution in [3.05, 3.63) is 77.1 Å². The fraction of sp³-hybridized carbons (Fsp3) is 0.286. The van der Waals surface area contributed by atoms with Crippen LogP contribution in [0.15, 0.2) is 66.7 Å². The summed E-state index contributed by atoms with van der Waals surface area (Å²) < 4.78 is 4.22. The summed E-state index contributed by atoms with van der Waals surface area (Å²) in [5.74, 6) is 0. The van der Waals surface area contributed by atoms with Gasteiger partial charge < -0.3 is 9.80 Å². The molecular formula is C21H26N6S+2. The van der Waals surface area contributed by atoms with Crippen molar-refractivity contribution in [3.8, 4) is 5.69 Å². The molecule has 0 aliphatic carbocycles. The van der Waals surface area contributed by atoms with Crippen molar-refractivity contribution in [2.24, 2.45) is 0 Å². The lowest BCUT2D eigenvalue weighted by atomic mass is 10.2. The number of nitrogens with zero attached hydrogens (tertiary/aromatic N) is 4. The van der Waals surface area contributed by atoms with Gasteiger partial charge in [0.1, 0.15) is 26.2 Å². The molecule has 0 bridgehead atoms. The van der Waals surface area contributed by atoms with Crippen LogP contribution in [0, 0.1) is 4.77 Å². The van der Waals surface area contributed by atoms with Crippen molar-refractivity contribution in [1.29, 1.82) is 0 Å². The standard InChI is InChI=1S/C21H24N6S/c28-21-26(22-23-27(21)20-11-5-2-6-12-20)18-25-16-14-24(15-17-25)13-7-10-19-8-3-1-4-9-19/h1-12H,13-18H2/p+2/b10-7+. The largest absolute Gasteiger partial charge is 0.322 e. The molecule has 0 amide bonds. The first-order chi connectivity index (χ1) is 13.8. The molecule has 2 aromatic carbocycles. The number of hydrogen-bond donors (Lipinski definition) is 2. The molecule has 0 spiro atoms. The molecular weight excluding hydrogens is 368 g/mol. The van der Waals surface area contributed by atoms with Gasteiger partial charge in [0.15, 0.2) is 6.67 Å². The van der Waals surface area contributed by atoms with Crippen LogP contribution in [-0.2, 0) is 6.67 Å². The number of nitrogens with one attached hydrogen (secondary N) is 2. The molecule has 28 heavy (non-hydrogen) atoms. The highest BCUT2D eigenvalue weighted by atomic mass is 32.1. The summed E-state index contributed by atoms with van der Waals surface area (Å²) in [4.78, 5) is 3.14. The Hall–Kier alpha value is -2.61. The van der Waals surface area contributed by atoms with Crippen molar-refractivity contribution in [1.82, 2.24) is 19.8 Å². The van der Waals surface area contributed by atoms with Gasteiger partial charge >= 0.3 is 0 Å². The Morgan fingerprint density at radius 1 is 0.857 bits per heavy atom. The first-order valence-electron chi connectivity index (χ1n) is 9.76. The van der Waals surface area contributed by atoms with E-state index in [-0.39, 0.29) is 0 Å². The number of piperazine rings is 1. The molecule has 0 unspecified atom stereocenters. The second kappa shape index (κ2) is 9.05. The number of quaternary nitrogens is 2. The van der Waals surface area contributed by atoms with Crippen LogP contribution in [0.25, 0.3) is 11.8 Å². The third-order valence-electron chi connectivity index (χ3n) is 5.19. The minimum atomic E-state index is 0.652. The molecule has 1 saturated heterocycles. The summed E-state index contributed by atoms with van der Waals surface area (Å²) in [5, 5.41) is 8.51. The molecule has 1 aromatic heterocycles. The summed E-state index contributed by atoms with van der Waals surface area (Å²) in [6.45, 7) is 6.41. The van der Waals surface area contributed by atoms with Gasteiger partial charge in [-0.3, -0.25) is 0 Å². The van der Waals surface area contributed by atoms with Gasteiger partial charge in [0.25, 0.3) is 0 Å². The SMILES string of the molecule is S=c1n(C[NH+]2CC[NH+](C/C=C/c3ccccc3)CC2)nnn1-c1ccccc1. The average Bonchev–Trinajstić information content (AvgIpc) is 3.11. The molecule has 4 rings (SSSR count). The number of aromatic nitrogens is 4. The van der Waals surface area contributed by atoms with Gasteiger partial charge in [-0.1, -0.05) is 54.6 Å². The molecule has 144 valence electrons. The number of benzene rings is 2. The Morgan fingerprint density at radius 3 is 2.21 bits per heavy atom. The van der Waals surface area contributed by atoms with Gasteiger partial charge in [0.2, 0.25) is 4.77 Å². The average molecular weight is 395 g/mol. The van der Waals surface area contributed by atoms with Crippen molar-refractivity contribution in [2.45, 2.75) is 6.67 Å². The van der Waals surface area contributed by atoms with Crippen LogP contribution in [0.1, 0.15) is 5.56 Å². The lowest BCUT2D eigenvalue weighted by Gasteiger charge is -2.28. The predicted molar refractivity (Wildman–Crippen MR) is 112 cm³/mol. The van der Waals surface area contributed by atoms with E-state index in [1.54, 1.807) is 9.58 Å². The van der Waals surface area contributed by atoms with Crippen LogP contribution in [0.2, 0.25) is 0 Å². The van der Waals surface area contributed by atoms with E-state index in [4.69, 9.17) is 12.2 Å². The molecule has 3 aromatic rings. The quantitative estimate of drug-likeness (QED) is 0.590. The third-order valence-corrected chi connectivity index (χ3v) is 5.58. The Balaban J connectivity index is 1.29. The fourth-order valence-electron chi connectivity index (χ4n) is 3.56. The van der Waals surface area contributed by atoms with E-state index in [2.05, 4.69) is 52.9 Å². The lowest BCUT2D eigenvalue weighted by Crippen LogP contribution is -3.27. The molecule has 7 heteroatoms. The molecule has 6 nitrogen and oxygen atoms in total. The zero-order valence-electron chi connectivity index (χ0n) is 15.9. The number of para-hydroxylation sites is 1. The first kappa shape index (κ1) is 18.7. The molecule has 2 N–H and O–H groups in total. The summed E-state index contributed by atoms with van der Waals surface area (Å²) in [6.07, 6.45) is 4.50. The van der Waals surface area contributed by atoms with Crippen LogP contribution >= 0.6 is 12.2 Å². The minimum Gasteiger partial charge on any atom is -0.322 e. The van der Waals surface area contributed by atoms with Crippen molar-refractivity contribution in [2.75, 3.05) is 32.7 Å². The zero-order valence-corrected chi connectivity index (χ0v) is 16.7. The second-order valence-electron chi connectivity index (χ2n) is 7.18. The van der Waals surface area contributed by atoms with E-state index in [0.29, 0.717) is 4.77 Å². The summed E-state index contributed by atoms with van der Waals surface area (Å²) in [5.41, 5.74) is 2.22. The number of tetrazole rings is 1. The summed E-state index contributed by atoms with van der Waals surface area (Å²) >= 11 is 5.58. The van der Waals surface area contributed by atoms with Gasteiger partial charge in [0, 0.05) is 0 Å². The zero-order chi connectivity index (χ0) is 19.2. The van der Waals surface area contributed by atoms with Crippen LogP contribution in [0.5, 0.6) is 0 Å². The smallest absolute Gasteiger partial charge is 0.225 e. The molecule has 0 atom stereocenters. The predicted octanol–water partition coefficient (Wildman–Crippen LogP) is 0.253. The van der Waals surface area contributed by atoms with Crippen LogP contribution in [0.3, 0.4) is 0 Å². The molecule has 1 fully saturated rings. The molecule has 1 aliphatic rings. The number of hydrogen-bond acceptors (Lipinski definition) is 3. The normalized spacial score (nSPS) is 19.9. The van der Waals surface area contributed by atoms with Crippen molar-refractivity contribution >= 4 is 18.3 Å². The molecule has 0 saturated carbocycles. The summed E-state index contributed by atoms with van der Waals surface area (Å²) in [7, 11) is 0. The highest BCUT2D eigenvalue weighted by Crippen LogP contribution is 2.05. The summed E-state index contributed by atoms with van der Waals surface area (Å²) in [6, 6.07) is 20.4. The van der Waals surface area contributed by atoms with Crippen LogP contribution in [-0.4, -0.2) is 52.5 Å². The van der Waals surface area contributed by atoms with Crippen LogP contribution < -0.4 is 9.80 Å². The first-order valence-corrected chi connectivity index (χ1v) is 10.2. The maximum Gasteiger partial charge on any atom is 0.225 e. The maximum atomic E-state index is 5.58. The Kier molecular flexibility index (Phi) is 6.06. The maximum absolute atomic E-state index is 5.58. The Bertz CT molecular complexity index is 955. The van der Waals surface area contributed by atoms with E-state index in [9.17, 15) is 0 Å². The molecule has 0 radical (unpaired) electrons. The second-order valence-corrected chi connectivity index (χ2v) is 7.55. The third kappa shape index (κ3) is 4.62. The van der Waals surface area contributed by atoms with Gasteiger partial charge in [-0.15, -0.1) is 0 Å². The van der Waals surface area contributed by atoms with E-state index < -0.39 is 0 Å². The molecule has 1 aliphatic heterocycles. The minimum absolute atomic E-state index is 0.652. The van der Waals surface area contributed by atoms with E-state index in [0.717, 1.165) is 45.1 Å². The van der Waals surface area contributed by atoms with Crippen molar-refractivity contribution in [3.63, 3.8) is 0 Å². The van der Waals surface area contributed by atoms with Crippen molar-refractivity contribution < 1.29 is 9.80 Å². The Labute approximate surface area is 170 Å². The monoisotopic (exact) mass is 394 g/mol. The topological polar surface area (TPSA) is 44.5 Å². The van der Waals surface area contributed by atoms with E-state index in [1.807, 2.05) is 35.0 Å². The highest BCUT2D eigenvalue weighted by molar-refractivity contribution is 7.71. The van der Waals surface area contributed by atoms with Gasteiger partial charge in [0.05, 0.1) is 12.2 Å². The van der Waals surface area contributed by atoms with Crippen LogP contribution in [0.4, 0.5) is 0 Å². The lowest BCUT2D eigenvalue weighted by molar-refractivity contribution is -1.02. The van der Waals surface area contributed by atoms with Gasteiger partial charge in [-0.2, -0.15) is 9.36 Å².